The number of rotatable bonds is 7. The standard InChI is InChI=1S/C20H21NO4/c1-2-12-21-18(16-9-6-13-25-16)17(19(23)20(21)24)15(22)11-10-14-7-4-3-5-8-14/h3-9,13,18,23H,2,10-12H2,1H3. The second-order valence-electron chi connectivity index (χ2n) is 6.09. The van der Waals surface area contributed by atoms with Gasteiger partial charge in [0.25, 0.3) is 5.91 Å². The second-order valence-corrected chi connectivity index (χ2v) is 6.09. The van der Waals surface area contributed by atoms with Crippen LogP contribution in [0.5, 0.6) is 0 Å². The lowest BCUT2D eigenvalue weighted by Crippen LogP contribution is -2.31. The zero-order chi connectivity index (χ0) is 17.8. The van der Waals surface area contributed by atoms with Gasteiger partial charge in [0.2, 0.25) is 0 Å². The van der Waals surface area contributed by atoms with Crippen LogP contribution in [0.4, 0.5) is 0 Å². The van der Waals surface area contributed by atoms with Gasteiger partial charge < -0.3 is 14.4 Å². The Morgan fingerprint density at radius 2 is 1.96 bits per heavy atom. The van der Waals surface area contributed by atoms with Crippen LogP contribution in [0, 0.1) is 0 Å². The Morgan fingerprint density at radius 3 is 2.60 bits per heavy atom. The first kappa shape index (κ1) is 17.0. The van der Waals surface area contributed by atoms with E-state index < -0.39 is 17.7 Å². The number of Topliss-reactive ketones (excluding diaryl/α,β-unsaturated/α-hetero) is 1. The predicted octanol–water partition coefficient (Wildman–Crippen LogP) is 3.59. The summed E-state index contributed by atoms with van der Waals surface area (Å²) >= 11 is 0. The summed E-state index contributed by atoms with van der Waals surface area (Å²) in [6.07, 6.45) is 3.02. The van der Waals surface area contributed by atoms with Gasteiger partial charge in [0.05, 0.1) is 11.8 Å². The van der Waals surface area contributed by atoms with Gasteiger partial charge in [-0.05, 0) is 30.5 Å². The number of aliphatic hydroxyl groups is 1. The topological polar surface area (TPSA) is 70.8 Å². The molecule has 1 aromatic heterocycles. The Labute approximate surface area is 146 Å². The van der Waals surface area contributed by atoms with E-state index in [0.717, 1.165) is 12.0 Å². The number of ketones is 1. The minimum Gasteiger partial charge on any atom is -0.503 e. The lowest BCUT2D eigenvalue weighted by atomic mass is 9.96. The summed E-state index contributed by atoms with van der Waals surface area (Å²) in [4.78, 5) is 26.7. The molecule has 0 saturated carbocycles. The van der Waals surface area contributed by atoms with E-state index in [1.807, 2.05) is 37.3 Å². The lowest BCUT2D eigenvalue weighted by molar-refractivity contribution is -0.129. The van der Waals surface area contributed by atoms with Gasteiger partial charge in [-0.25, -0.2) is 0 Å². The molecule has 0 spiro atoms. The van der Waals surface area contributed by atoms with Gasteiger partial charge >= 0.3 is 0 Å². The maximum Gasteiger partial charge on any atom is 0.290 e. The van der Waals surface area contributed by atoms with Crippen LogP contribution in [0.1, 0.15) is 37.1 Å². The van der Waals surface area contributed by atoms with Gasteiger partial charge in [0, 0.05) is 13.0 Å². The summed E-state index contributed by atoms with van der Waals surface area (Å²) in [7, 11) is 0. The molecule has 2 heterocycles. The maximum absolute atomic E-state index is 12.8. The molecule has 1 unspecified atom stereocenters. The number of aryl methyl sites for hydroxylation is 1. The lowest BCUT2D eigenvalue weighted by Gasteiger charge is -2.24. The van der Waals surface area contributed by atoms with Crippen LogP contribution in [0.25, 0.3) is 0 Å². The van der Waals surface area contributed by atoms with Crippen molar-refractivity contribution in [3.8, 4) is 0 Å². The van der Waals surface area contributed by atoms with Crippen molar-refractivity contribution >= 4 is 11.7 Å². The smallest absolute Gasteiger partial charge is 0.290 e. The Bertz CT molecular complexity index is 777. The number of benzene rings is 1. The fourth-order valence-electron chi connectivity index (χ4n) is 3.19. The molecule has 0 bridgehead atoms. The van der Waals surface area contributed by atoms with Crippen LogP contribution in [0.3, 0.4) is 0 Å². The van der Waals surface area contributed by atoms with Gasteiger partial charge in [-0.2, -0.15) is 0 Å². The Kier molecular flexibility index (Phi) is 5.03. The largest absolute Gasteiger partial charge is 0.503 e. The molecule has 130 valence electrons. The highest BCUT2D eigenvalue weighted by Crippen LogP contribution is 2.38. The monoisotopic (exact) mass is 339 g/mol. The number of hydrogen-bond donors (Lipinski definition) is 1. The molecule has 2 aromatic rings. The quantitative estimate of drug-likeness (QED) is 0.837. The number of carbonyl (C=O) groups excluding carboxylic acids is 2. The minimum absolute atomic E-state index is 0.143. The average molecular weight is 339 g/mol. The Morgan fingerprint density at radius 1 is 1.20 bits per heavy atom. The fourth-order valence-corrected chi connectivity index (χ4v) is 3.19. The van der Waals surface area contributed by atoms with Crippen molar-refractivity contribution in [2.75, 3.05) is 6.54 Å². The van der Waals surface area contributed by atoms with Gasteiger partial charge in [0.1, 0.15) is 11.8 Å². The number of furan rings is 1. The van der Waals surface area contributed by atoms with Crippen molar-refractivity contribution in [1.82, 2.24) is 4.90 Å². The molecule has 3 rings (SSSR count). The normalized spacial score (nSPS) is 17.4. The van der Waals surface area contributed by atoms with Gasteiger partial charge in [-0.3, -0.25) is 9.59 Å². The average Bonchev–Trinajstić information content (AvgIpc) is 3.23. The summed E-state index contributed by atoms with van der Waals surface area (Å²) in [6, 6.07) is 12.5. The fraction of sp³-hybridized carbons (Fsp3) is 0.300. The predicted molar refractivity (Wildman–Crippen MR) is 92.9 cm³/mol. The van der Waals surface area contributed by atoms with Crippen molar-refractivity contribution in [2.45, 2.75) is 32.2 Å². The number of amides is 1. The molecule has 0 fully saturated rings. The molecule has 1 aromatic carbocycles. The molecule has 1 N–H and O–H groups in total. The molecular weight excluding hydrogens is 318 g/mol. The Hall–Kier alpha value is -2.82. The first-order valence-electron chi connectivity index (χ1n) is 8.48. The van der Waals surface area contributed by atoms with Gasteiger partial charge in [-0.1, -0.05) is 37.3 Å². The molecule has 0 saturated heterocycles. The summed E-state index contributed by atoms with van der Waals surface area (Å²) in [6.45, 7) is 2.39. The third kappa shape index (κ3) is 3.36. The molecule has 1 amide bonds. The summed E-state index contributed by atoms with van der Waals surface area (Å²) in [5.74, 6) is -0.692. The summed E-state index contributed by atoms with van der Waals surface area (Å²) in [5.41, 5.74) is 1.18. The number of hydrogen-bond acceptors (Lipinski definition) is 4. The number of carbonyl (C=O) groups is 2. The first-order valence-corrected chi connectivity index (χ1v) is 8.48. The van der Waals surface area contributed by atoms with Crippen LogP contribution in [0.2, 0.25) is 0 Å². The van der Waals surface area contributed by atoms with Crippen molar-refractivity contribution < 1.29 is 19.1 Å². The van der Waals surface area contributed by atoms with E-state index in [-0.39, 0.29) is 17.8 Å². The molecular formula is C20H21NO4. The van der Waals surface area contributed by atoms with Crippen molar-refractivity contribution in [3.05, 3.63) is 71.4 Å². The van der Waals surface area contributed by atoms with Crippen LogP contribution < -0.4 is 0 Å². The van der Waals surface area contributed by atoms with E-state index in [1.54, 1.807) is 12.1 Å². The third-order valence-electron chi connectivity index (χ3n) is 4.36. The summed E-state index contributed by atoms with van der Waals surface area (Å²) in [5, 5.41) is 10.3. The van der Waals surface area contributed by atoms with E-state index >= 15 is 0 Å². The molecule has 0 radical (unpaired) electrons. The highest BCUT2D eigenvalue weighted by atomic mass is 16.3. The maximum atomic E-state index is 12.8. The van der Waals surface area contributed by atoms with Gasteiger partial charge in [0.15, 0.2) is 11.5 Å². The van der Waals surface area contributed by atoms with Crippen LogP contribution in [0.15, 0.2) is 64.5 Å². The Balaban J connectivity index is 1.85. The van der Waals surface area contributed by atoms with E-state index in [0.29, 0.717) is 18.7 Å². The molecule has 1 aliphatic rings. The van der Waals surface area contributed by atoms with Crippen LogP contribution >= 0.6 is 0 Å². The van der Waals surface area contributed by atoms with Crippen molar-refractivity contribution in [3.63, 3.8) is 0 Å². The van der Waals surface area contributed by atoms with Crippen molar-refractivity contribution in [2.24, 2.45) is 0 Å². The van der Waals surface area contributed by atoms with E-state index in [1.165, 1.54) is 11.2 Å². The zero-order valence-corrected chi connectivity index (χ0v) is 14.1. The zero-order valence-electron chi connectivity index (χ0n) is 14.1. The SMILES string of the molecule is CCCN1C(=O)C(O)=C(C(=O)CCc2ccccc2)C1c1ccco1. The van der Waals surface area contributed by atoms with E-state index in [9.17, 15) is 14.7 Å². The van der Waals surface area contributed by atoms with Gasteiger partial charge in [-0.15, -0.1) is 0 Å². The molecule has 1 atom stereocenters. The highest BCUT2D eigenvalue weighted by molar-refractivity contribution is 6.08. The second kappa shape index (κ2) is 7.38. The summed E-state index contributed by atoms with van der Waals surface area (Å²) < 4.78 is 5.44. The number of aliphatic hydroxyl groups excluding tert-OH is 1. The molecule has 0 aliphatic carbocycles. The third-order valence-corrected chi connectivity index (χ3v) is 4.36. The van der Waals surface area contributed by atoms with E-state index in [4.69, 9.17) is 4.42 Å². The van der Waals surface area contributed by atoms with Crippen LogP contribution in [-0.2, 0) is 16.0 Å². The first-order chi connectivity index (χ1) is 12.1. The van der Waals surface area contributed by atoms with E-state index in [2.05, 4.69) is 0 Å². The molecule has 5 nitrogen and oxygen atoms in total. The minimum atomic E-state index is -0.647. The molecule has 1 aliphatic heterocycles. The number of nitrogens with zero attached hydrogens (tertiary/aromatic N) is 1. The molecule has 5 heteroatoms. The van der Waals surface area contributed by atoms with Crippen LogP contribution in [-0.4, -0.2) is 28.2 Å². The molecule has 25 heavy (non-hydrogen) atoms. The van der Waals surface area contributed by atoms with Crippen molar-refractivity contribution in [1.29, 1.82) is 0 Å². The highest BCUT2D eigenvalue weighted by Gasteiger charge is 2.44.